The van der Waals surface area contributed by atoms with E-state index in [0.29, 0.717) is 6.42 Å². The molecule has 1 heterocycles. The van der Waals surface area contributed by atoms with Crippen LogP contribution in [0.2, 0.25) is 0 Å². The summed E-state index contributed by atoms with van der Waals surface area (Å²) in [6.07, 6.45) is -0.104. The van der Waals surface area contributed by atoms with E-state index < -0.39 is 41.1 Å². The Morgan fingerprint density at radius 1 is 1.35 bits per heavy atom. The second-order valence-corrected chi connectivity index (χ2v) is 7.80. The molecule has 1 fully saturated rings. The van der Waals surface area contributed by atoms with Crippen LogP contribution in [0, 0.1) is 11.7 Å². The van der Waals surface area contributed by atoms with Gasteiger partial charge in [-0.05, 0) is 39.0 Å². The maximum atomic E-state index is 14.6. The lowest BCUT2D eigenvalue weighted by Gasteiger charge is -2.33. The van der Waals surface area contributed by atoms with E-state index >= 15 is 0 Å². The Hall–Kier alpha value is -2.09. The van der Waals surface area contributed by atoms with Crippen LogP contribution in [0.25, 0.3) is 0 Å². The molecule has 3 rings (SSSR count). The highest BCUT2D eigenvalue weighted by atomic mass is 19.3. The summed E-state index contributed by atoms with van der Waals surface area (Å²) in [6.45, 7) is 5.59. The lowest BCUT2D eigenvalue weighted by atomic mass is 9.82. The van der Waals surface area contributed by atoms with E-state index in [9.17, 15) is 18.0 Å². The Labute approximate surface area is 149 Å². The summed E-state index contributed by atoms with van der Waals surface area (Å²) in [5.41, 5.74) is 4.72. The van der Waals surface area contributed by atoms with Gasteiger partial charge in [-0.3, -0.25) is 9.79 Å². The Morgan fingerprint density at radius 2 is 2.00 bits per heavy atom. The molecule has 0 radical (unpaired) electrons. The van der Waals surface area contributed by atoms with Gasteiger partial charge in [-0.1, -0.05) is 0 Å². The van der Waals surface area contributed by atoms with Crippen LogP contribution >= 0.6 is 0 Å². The number of hydrogen-bond acceptors (Lipinski definition) is 4. The topological polar surface area (TPSA) is 76.7 Å². The molecule has 2 atom stereocenters. The van der Waals surface area contributed by atoms with Crippen molar-refractivity contribution in [2.75, 3.05) is 11.9 Å². The molecule has 0 saturated heterocycles. The number of halogens is 3. The number of hydrogen-bond donors (Lipinski definition) is 2. The Balaban J connectivity index is 1.91. The third-order valence-electron chi connectivity index (χ3n) is 4.73. The number of nitrogens with two attached hydrogens (primary N) is 1. The van der Waals surface area contributed by atoms with E-state index in [1.807, 2.05) is 13.8 Å². The van der Waals surface area contributed by atoms with Gasteiger partial charge in [-0.25, -0.2) is 13.2 Å². The average molecular weight is 369 g/mol. The summed E-state index contributed by atoms with van der Waals surface area (Å²) in [7, 11) is 0. The molecule has 142 valence electrons. The van der Waals surface area contributed by atoms with Crippen molar-refractivity contribution in [3.8, 4) is 0 Å². The van der Waals surface area contributed by atoms with E-state index in [1.54, 1.807) is 6.92 Å². The van der Waals surface area contributed by atoms with Gasteiger partial charge in [0.2, 0.25) is 5.91 Å². The molecule has 1 aliphatic heterocycles. The van der Waals surface area contributed by atoms with E-state index in [2.05, 4.69) is 10.3 Å². The zero-order valence-corrected chi connectivity index (χ0v) is 14.9. The number of amides is 1. The summed E-state index contributed by atoms with van der Waals surface area (Å²) in [5, 5.41) is 2.43. The van der Waals surface area contributed by atoms with Crippen LogP contribution in [0.4, 0.5) is 18.9 Å². The molecule has 2 aliphatic rings. The summed E-state index contributed by atoms with van der Waals surface area (Å²) in [4.78, 5) is 16.3. The monoisotopic (exact) mass is 369 g/mol. The van der Waals surface area contributed by atoms with E-state index in [-0.39, 0.29) is 23.7 Å². The highest BCUT2D eigenvalue weighted by molar-refractivity contribution is 5.95. The molecule has 1 aromatic rings. The van der Waals surface area contributed by atoms with Crippen molar-refractivity contribution in [2.24, 2.45) is 16.6 Å². The lowest BCUT2D eigenvalue weighted by molar-refractivity contribution is -0.119. The van der Waals surface area contributed by atoms with Gasteiger partial charge in [0.05, 0.1) is 11.1 Å². The molecular formula is C18H22F3N3O2. The minimum absolute atomic E-state index is 0.136. The van der Waals surface area contributed by atoms with Crippen molar-refractivity contribution in [1.82, 2.24) is 0 Å². The van der Waals surface area contributed by atoms with Crippen molar-refractivity contribution in [1.29, 1.82) is 0 Å². The van der Waals surface area contributed by atoms with Crippen LogP contribution in [0.3, 0.4) is 0 Å². The van der Waals surface area contributed by atoms with Crippen molar-refractivity contribution >= 4 is 17.4 Å². The maximum Gasteiger partial charge on any atom is 0.260 e. The standard InChI is InChI=1S/C18H22F3N3O2/c1-16(2)9-17(3,24-14(22)8-26-16)11-6-10(4-5-13(11)19)23-15(25)12-7-18(12,20)21/h4-6,12H,7-9H2,1-3H3,(H2,22,24)(H,23,25)/t12-,17-/m0/s1. The first-order chi connectivity index (χ1) is 11.9. The third-order valence-corrected chi connectivity index (χ3v) is 4.73. The summed E-state index contributed by atoms with van der Waals surface area (Å²) in [6, 6.07) is 3.95. The van der Waals surface area contributed by atoms with Crippen molar-refractivity contribution < 1.29 is 22.7 Å². The van der Waals surface area contributed by atoms with Gasteiger partial charge < -0.3 is 15.8 Å². The second-order valence-electron chi connectivity index (χ2n) is 7.80. The normalized spacial score (nSPS) is 29.5. The average Bonchev–Trinajstić information content (AvgIpc) is 3.17. The number of carbonyl (C=O) groups excluding carboxylic acids is 1. The first-order valence-electron chi connectivity index (χ1n) is 8.39. The Bertz CT molecular complexity index is 779. The zero-order chi connectivity index (χ0) is 19.3. The van der Waals surface area contributed by atoms with Crippen LogP contribution < -0.4 is 11.1 Å². The minimum Gasteiger partial charge on any atom is -0.386 e. The van der Waals surface area contributed by atoms with Crippen molar-refractivity contribution in [2.45, 2.75) is 50.7 Å². The first kappa shape index (κ1) is 18.7. The van der Waals surface area contributed by atoms with Crippen LogP contribution in [0.5, 0.6) is 0 Å². The number of rotatable bonds is 3. The number of aliphatic imine (C=N–C) groups is 1. The Morgan fingerprint density at radius 3 is 2.62 bits per heavy atom. The number of nitrogens with zero attached hydrogens (tertiary/aromatic N) is 1. The van der Waals surface area contributed by atoms with E-state index in [4.69, 9.17) is 10.5 Å². The predicted molar refractivity (Wildman–Crippen MR) is 91.7 cm³/mol. The van der Waals surface area contributed by atoms with Gasteiger partial charge >= 0.3 is 0 Å². The van der Waals surface area contributed by atoms with Crippen molar-refractivity contribution in [3.05, 3.63) is 29.6 Å². The van der Waals surface area contributed by atoms with Gasteiger partial charge in [0.1, 0.15) is 24.2 Å². The number of amidine groups is 1. The zero-order valence-electron chi connectivity index (χ0n) is 14.9. The van der Waals surface area contributed by atoms with E-state index in [0.717, 1.165) is 0 Å². The molecule has 1 saturated carbocycles. The molecule has 3 N–H and O–H groups in total. The fraction of sp³-hybridized carbons (Fsp3) is 0.556. The fourth-order valence-corrected chi connectivity index (χ4v) is 3.44. The predicted octanol–water partition coefficient (Wildman–Crippen LogP) is 3.19. The third kappa shape index (κ3) is 3.70. The Kier molecular flexibility index (Phi) is 4.29. The number of benzene rings is 1. The quantitative estimate of drug-likeness (QED) is 0.859. The summed E-state index contributed by atoms with van der Waals surface area (Å²) in [5.74, 6) is -5.34. The number of carbonyl (C=O) groups is 1. The van der Waals surface area contributed by atoms with Crippen LogP contribution in [-0.2, 0) is 15.1 Å². The van der Waals surface area contributed by atoms with Gasteiger partial charge in [-0.2, -0.15) is 0 Å². The number of nitrogens with one attached hydrogen (secondary N) is 1. The smallest absolute Gasteiger partial charge is 0.260 e. The molecule has 0 bridgehead atoms. The fourth-order valence-electron chi connectivity index (χ4n) is 3.44. The van der Waals surface area contributed by atoms with Gasteiger partial charge in [-0.15, -0.1) is 0 Å². The number of anilines is 1. The second kappa shape index (κ2) is 5.97. The van der Waals surface area contributed by atoms with Crippen LogP contribution in [-0.4, -0.2) is 29.9 Å². The molecule has 1 amide bonds. The van der Waals surface area contributed by atoms with Crippen LogP contribution in [0.15, 0.2) is 23.2 Å². The lowest BCUT2D eigenvalue weighted by Crippen LogP contribution is -2.33. The molecule has 0 spiro atoms. The van der Waals surface area contributed by atoms with E-state index in [1.165, 1.54) is 18.2 Å². The van der Waals surface area contributed by atoms with Gasteiger partial charge in [0, 0.05) is 24.1 Å². The molecular weight excluding hydrogens is 347 g/mol. The highest BCUT2D eigenvalue weighted by Gasteiger charge is 2.61. The number of ether oxygens (including phenoxy) is 1. The maximum absolute atomic E-state index is 14.6. The SMILES string of the molecule is CC1(C)C[C@@](C)(c2cc(NC(=O)[C@@H]3CC3(F)F)ccc2F)N=C(N)CO1. The van der Waals surface area contributed by atoms with Gasteiger partial charge in [0.25, 0.3) is 5.92 Å². The molecule has 26 heavy (non-hydrogen) atoms. The first-order valence-corrected chi connectivity index (χ1v) is 8.39. The molecule has 5 nitrogen and oxygen atoms in total. The molecule has 8 heteroatoms. The minimum atomic E-state index is -2.96. The molecule has 1 aromatic carbocycles. The molecule has 0 aromatic heterocycles. The van der Waals surface area contributed by atoms with Gasteiger partial charge in [0.15, 0.2) is 0 Å². The van der Waals surface area contributed by atoms with Crippen LogP contribution in [0.1, 0.15) is 39.2 Å². The molecule has 1 aliphatic carbocycles. The van der Waals surface area contributed by atoms with Crippen molar-refractivity contribution in [3.63, 3.8) is 0 Å². The highest BCUT2D eigenvalue weighted by Crippen LogP contribution is 2.49. The largest absolute Gasteiger partial charge is 0.386 e. The summed E-state index contributed by atoms with van der Waals surface area (Å²) >= 11 is 0. The summed E-state index contributed by atoms with van der Waals surface area (Å²) < 4.78 is 46.3. The molecule has 0 unspecified atom stereocenters. The number of alkyl halides is 2.